The van der Waals surface area contributed by atoms with Gasteiger partial charge in [-0.25, -0.2) is 0 Å². The number of fused-ring (bicyclic) bond motifs is 1. The number of nitrogens with one attached hydrogen (secondary N) is 1. The van der Waals surface area contributed by atoms with Gasteiger partial charge >= 0.3 is 5.97 Å². The first kappa shape index (κ1) is 16.3. The second-order valence-electron chi connectivity index (χ2n) is 5.88. The second kappa shape index (κ2) is 7.29. The Labute approximate surface area is 131 Å². The summed E-state index contributed by atoms with van der Waals surface area (Å²) in [6.45, 7) is 6.38. The van der Waals surface area contributed by atoms with Crippen molar-refractivity contribution in [3.05, 3.63) is 24.3 Å². The average molecular weight is 304 g/mol. The number of para-hydroxylation sites is 2. The molecule has 1 atom stereocenters. The van der Waals surface area contributed by atoms with Crippen LogP contribution in [0.1, 0.15) is 33.6 Å². The smallest absolute Gasteiger partial charge is 0.326 e. The molecule has 0 fully saturated rings. The lowest BCUT2D eigenvalue weighted by atomic mass is 9.99. The molecule has 0 saturated heterocycles. The normalized spacial score (nSPS) is 17.2. The van der Waals surface area contributed by atoms with Gasteiger partial charge < -0.3 is 10.1 Å². The number of unbranched alkanes of at least 4 members (excludes halogenated alkanes) is 1. The van der Waals surface area contributed by atoms with Crippen LogP contribution in [-0.2, 0) is 14.3 Å². The van der Waals surface area contributed by atoms with Crippen molar-refractivity contribution in [3.8, 4) is 0 Å². The van der Waals surface area contributed by atoms with Gasteiger partial charge in [0.05, 0.1) is 18.0 Å². The lowest BCUT2D eigenvalue weighted by Gasteiger charge is -2.36. The lowest BCUT2D eigenvalue weighted by molar-refractivity contribution is -0.143. The summed E-state index contributed by atoms with van der Waals surface area (Å²) in [5.74, 6) is -0.304. The van der Waals surface area contributed by atoms with E-state index in [0.717, 1.165) is 24.2 Å². The van der Waals surface area contributed by atoms with Gasteiger partial charge in [0.15, 0.2) is 0 Å². The van der Waals surface area contributed by atoms with Crippen LogP contribution in [-0.4, -0.2) is 31.1 Å². The summed E-state index contributed by atoms with van der Waals surface area (Å²) < 4.78 is 5.19. The van der Waals surface area contributed by atoms with E-state index >= 15 is 0 Å². The van der Waals surface area contributed by atoms with Gasteiger partial charge in [0.25, 0.3) is 0 Å². The fourth-order valence-electron chi connectivity index (χ4n) is 2.47. The van der Waals surface area contributed by atoms with E-state index in [9.17, 15) is 9.59 Å². The summed E-state index contributed by atoms with van der Waals surface area (Å²) in [7, 11) is 0. The molecule has 0 aromatic heterocycles. The third-order valence-electron chi connectivity index (χ3n) is 3.75. The maximum atomic E-state index is 12.7. The first-order valence-electron chi connectivity index (χ1n) is 7.87. The van der Waals surface area contributed by atoms with Crippen molar-refractivity contribution in [2.24, 2.45) is 5.92 Å². The number of hydrogen-bond donors (Lipinski definition) is 1. The van der Waals surface area contributed by atoms with Crippen molar-refractivity contribution in [2.45, 2.75) is 39.7 Å². The fraction of sp³-hybridized carbons (Fsp3) is 0.529. The van der Waals surface area contributed by atoms with Gasteiger partial charge in [0.2, 0.25) is 5.91 Å². The molecule has 1 amide bonds. The number of benzene rings is 1. The van der Waals surface area contributed by atoms with E-state index in [1.807, 2.05) is 45.0 Å². The molecular weight excluding hydrogens is 280 g/mol. The molecule has 120 valence electrons. The van der Waals surface area contributed by atoms with E-state index < -0.39 is 0 Å². The lowest BCUT2D eigenvalue weighted by Crippen LogP contribution is -2.51. The SMILES string of the molecule is CCCCOC(=O)CN1C(=O)C(C(C)C)Nc2ccccc21. The Bertz CT molecular complexity index is 542. The predicted octanol–water partition coefficient (Wildman–Crippen LogP) is 2.81. The summed E-state index contributed by atoms with van der Waals surface area (Å²) in [4.78, 5) is 26.2. The van der Waals surface area contributed by atoms with Gasteiger partial charge in [0, 0.05) is 0 Å². The van der Waals surface area contributed by atoms with Crippen LogP contribution in [0.4, 0.5) is 11.4 Å². The Balaban J connectivity index is 2.16. The van der Waals surface area contributed by atoms with Crippen molar-refractivity contribution in [1.29, 1.82) is 0 Å². The number of carbonyl (C=O) groups is 2. The van der Waals surface area contributed by atoms with Gasteiger partial charge in [-0.1, -0.05) is 39.3 Å². The Kier molecular flexibility index (Phi) is 5.41. The minimum Gasteiger partial charge on any atom is -0.464 e. The van der Waals surface area contributed by atoms with E-state index in [4.69, 9.17) is 4.74 Å². The molecule has 1 aromatic carbocycles. The number of hydrogen-bond acceptors (Lipinski definition) is 4. The van der Waals surface area contributed by atoms with Gasteiger partial charge in [-0.15, -0.1) is 0 Å². The highest BCUT2D eigenvalue weighted by Crippen LogP contribution is 2.32. The molecule has 0 bridgehead atoms. The number of anilines is 2. The molecular formula is C17H24N2O3. The number of carbonyl (C=O) groups excluding carboxylic acids is 2. The predicted molar refractivity (Wildman–Crippen MR) is 86.9 cm³/mol. The minimum absolute atomic E-state index is 0.0372. The Morgan fingerprint density at radius 3 is 2.77 bits per heavy atom. The van der Waals surface area contributed by atoms with Crippen LogP contribution < -0.4 is 10.2 Å². The highest BCUT2D eigenvalue weighted by molar-refractivity contribution is 6.07. The van der Waals surface area contributed by atoms with Crippen molar-refractivity contribution < 1.29 is 14.3 Å². The van der Waals surface area contributed by atoms with E-state index in [0.29, 0.717) is 6.61 Å². The maximum Gasteiger partial charge on any atom is 0.326 e. The molecule has 0 radical (unpaired) electrons. The van der Waals surface area contributed by atoms with Gasteiger partial charge in [-0.3, -0.25) is 14.5 Å². The second-order valence-corrected chi connectivity index (χ2v) is 5.88. The van der Waals surface area contributed by atoms with Gasteiger partial charge in [-0.05, 0) is 24.5 Å². The first-order valence-corrected chi connectivity index (χ1v) is 7.87. The molecule has 1 heterocycles. The minimum atomic E-state index is -0.360. The summed E-state index contributed by atoms with van der Waals surface area (Å²) in [6.07, 6.45) is 1.81. The zero-order chi connectivity index (χ0) is 16.1. The number of rotatable bonds is 6. The summed E-state index contributed by atoms with van der Waals surface area (Å²) in [5, 5.41) is 3.26. The van der Waals surface area contributed by atoms with E-state index in [1.54, 1.807) is 0 Å². The van der Waals surface area contributed by atoms with E-state index in [2.05, 4.69) is 5.32 Å². The number of amides is 1. The highest BCUT2D eigenvalue weighted by atomic mass is 16.5. The third kappa shape index (κ3) is 3.59. The molecule has 2 rings (SSSR count). The molecule has 1 N–H and O–H groups in total. The Hall–Kier alpha value is -2.04. The zero-order valence-corrected chi connectivity index (χ0v) is 13.5. The van der Waals surface area contributed by atoms with Crippen LogP contribution in [0.5, 0.6) is 0 Å². The van der Waals surface area contributed by atoms with Crippen LogP contribution in [0.3, 0.4) is 0 Å². The first-order chi connectivity index (χ1) is 10.5. The van der Waals surface area contributed by atoms with Crippen molar-refractivity contribution in [2.75, 3.05) is 23.4 Å². The molecule has 0 spiro atoms. The molecule has 5 nitrogen and oxygen atoms in total. The van der Waals surface area contributed by atoms with Gasteiger partial charge in [-0.2, -0.15) is 0 Å². The van der Waals surface area contributed by atoms with E-state index in [-0.39, 0.29) is 30.4 Å². The molecule has 0 aliphatic carbocycles. The molecule has 22 heavy (non-hydrogen) atoms. The van der Waals surface area contributed by atoms with Gasteiger partial charge in [0.1, 0.15) is 12.6 Å². The van der Waals surface area contributed by atoms with Crippen LogP contribution >= 0.6 is 0 Å². The molecule has 5 heteroatoms. The Morgan fingerprint density at radius 1 is 1.36 bits per heavy atom. The largest absolute Gasteiger partial charge is 0.464 e. The van der Waals surface area contributed by atoms with E-state index in [1.165, 1.54) is 4.90 Å². The average Bonchev–Trinajstić information content (AvgIpc) is 2.50. The van der Waals surface area contributed by atoms with Crippen LogP contribution in [0.2, 0.25) is 0 Å². The third-order valence-corrected chi connectivity index (χ3v) is 3.75. The standard InChI is InChI=1S/C17H24N2O3/c1-4-5-10-22-15(20)11-19-14-9-7-6-8-13(14)18-16(12(2)3)17(19)21/h6-9,12,16,18H,4-5,10-11H2,1-3H3. The molecule has 1 aliphatic rings. The van der Waals surface area contributed by atoms with Crippen LogP contribution in [0.25, 0.3) is 0 Å². The topological polar surface area (TPSA) is 58.6 Å². The summed E-state index contributed by atoms with van der Waals surface area (Å²) >= 11 is 0. The molecule has 0 saturated carbocycles. The quantitative estimate of drug-likeness (QED) is 0.648. The van der Waals surface area contributed by atoms with Crippen molar-refractivity contribution in [3.63, 3.8) is 0 Å². The van der Waals surface area contributed by atoms with Crippen LogP contribution in [0, 0.1) is 5.92 Å². The Morgan fingerprint density at radius 2 is 2.09 bits per heavy atom. The summed E-state index contributed by atoms with van der Waals surface area (Å²) in [6, 6.07) is 7.22. The number of nitrogens with zero attached hydrogens (tertiary/aromatic N) is 1. The summed E-state index contributed by atoms with van der Waals surface area (Å²) in [5.41, 5.74) is 1.61. The molecule has 1 aromatic rings. The number of esters is 1. The molecule has 1 aliphatic heterocycles. The number of ether oxygens (including phenoxy) is 1. The zero-order valence-electron chi connectivity index (χ0n) is 13.5. The maximum absolute atomic E-state index is 12.7. The molecule has 1 unspecified atom stereocenters. The monoisotopic (exact) mass is 304 g/mol. The van der Waals surface area contributed by atoms with Crippen molar-refractivity contribution in [1.82, 2.24) is 0 Å². The van der Waals surface area contributed by atoms with Crippen molar-refractivity contribution >= 4 is 23.3 Å². The highest BCUT2D eigenvalue weighted by Gasteiger charge is 2.35. The van der Waals surface area contributed by atoms with Crippen LogP contribution in [0.15, 0.2) is 24.3 Å². The fourth-order valence-corrected chi connectivity index (χ4v) is 2.47.